The summed E-state index contributed by atoms with van der Waals surface area (Å²) in [5, 5.41) is 3.62. The van der Waals surface area contributed by atoms with Gasteiger partial charge in [-0.05, 0) is 37.5 Å². The van der Waals surface area contributed by atoms with Crippen molar-refractivity contribution >= 4 is 17.7 Å². The lowest BCUT2D eigenvalue weighted by Crippen LogP contribution is -2.39. The minimum absolute atomic E-state index is 0.0398. The van der Waals surface area contributed by atoms with Crippen molar-refractivity contribution in [3.63, 3.8) is 0 Å². The molecule has 0 saturated carbocycles. The maximum atomic E-state index is 12.9. The summed E-state index contributed by atoms with van der Waals surface area (Å²) in [5.41, 5.74) is 0.983. The summed E-state index contributed by atoms with van der Waals surface area (Å²) in [4.78, 5) is 16.1. The Labute approximate surface area is 146 Å². The number of benzene rings is 1. The zero-order valence-electron chi connectivity index (χ0n) is 13.6. The quantitative estimate of drug-likeness (QED) is 0.863. The van der Waals surface area contributed by atoms with Crippen molar-refractivity contribution in [2.45, 2.75) is 42.0 Å². The predicted molar refractivity (Wildman–Crippen MR) is 95.2 cm³/mol. The fourth-order valence-corrected chi connectivity index (χ4v) is 4.48. The van der Waals surface area contributed by atoms with Gasteiger partial charge in [0.15, 0.2) is 5.76 Å². The smallest absolute Gasteiger partial charge is 0.289 e. The maximum Gasteiger partial charge on any atom is 0.289 e. The average molecular weight is 342 g/mol. The number of likely N-dealkylation sites (tertiary alicyclic amines) is 1. The lowest BCUT2D eigenvalue weighted by atomic mass is 10.1. The second-order valence-electron chi connectivity index (χ2n) is 6.55. The molecule has 0 aliphatic carbocycles. The fourth-order valence-electron chi connectivity index (χ4n) is 3.59. The van der Waals surface area contributed by atoms with Gasteiger partial charge in [0.2, 0.25) is 0 Å². The van der Waals surface area contributed by atoms with E-state index < -0.39 is 0 Å². The molecular weight excluding hydrogens is 320 g/mol. The Bertz CT molecular complexity index is 700. The van der Waals surface area contributed by atoms with Crippen molar-refractivity contribution in [3.8, 4) is 0 Å². The normalized spacial score (nSPS) is 23.2. The van der Waals surface area contributed by atoms with E-state index >= 15 is 0 Å². The van der Waals surface area contributed by atoms with Gasteiger partial charge < -0.3 is 14.6 Å². The van der Waals surface area contributed by atoms with Crippen molar-refractivity contribution in [3.05, 3.63) is 54.0 Å². The molecule has 4 rings (SSSR count). The highest BCUT2D eigenvalue weighted by molar-refractivity contribution is 7.98. The molecule has 1 aromatic carbocycles. The average Bonchev–Trinajstić information content (AvgIpc) is 3.19. The van der Waals surface area contributed by atoms with E-state index in [1.807, 2.05) is 29.2 Å². The monoisotopic (exact) mass is 342 g/mol. The van der Waals surface area contributed by atoms with Crippen molar-refractivity contribution in [2.24, 2.45) is 0 Å². The van der Waals surface area contributed by atoms with Crippen LogP contribution in [0, 0.1) is 0 Å². The number of nitrogens with one attached hydrogen (secondary N) is 1. The summed E-state index contributed by atoms with van der Waals surface area (Å²) in [6.07, 6.45) is 5.09. The Hall–Kier alpha value is -1.72. The standard InChI is InChI=1S/C19H22N2O2S/c22-19(21-10-8-15-6-7-16(12-21)20-15)18-14(9-11-23-18)13-24-17-4-2-1-3-5-17/h1-5,9,11,15-16,20H,6-8,10,12-13H2. The van der Waals surface area contributed by atoms with Crippen LogP contribution in [0.1, 0.15) is 35.4 Å². The van der Waals surface area contributed by atoms with Gasteiger partial charge in [-0.15, -0.1) is 11.8 Å². The van der Waals surface area contributed by atoms with Gasteiger partial charge in [-0.3, -0.25) is 4.79 Å². The van der Waals surface area contributed by atoms with Gasteiger partial charge in [-0.1, -0.05) is 18.2 Å². The molecule has 2 bridgehead atoms. The van der Waals surface area contributed by atoms with E-state index in [0.29, 0.717) is 17.8 Å². The predicted octanol–water partition coefficient (Wildman–Crippen LogP) is 3.54. The van der Waals surface area contributed by atoms with Crippen LogP contribution in [-0.2, 0) is 5.75 Å². The highest BCUT2D eigenvalue weighted by Crippen LogP contribution is 2.27. The summed E-state index contributed by atoms with van der Waals surface area (Å²) in [5.74, 6) is 1.30. The van der Waals surface area contributed by atoms with Crippen molar-refractivity contribution in [2.75, 3.05) is 13.1 Å². The van der Waals surface area contributed by atoms with Crippen LogP contribution in [0.5, 0.6) is 0 Å². The first-order chi connectivity index (χ1) is 11.8. The lowest BCUT2D eigenvalue weighted by Gasteiger charge is -2.23. The van der Waals surface area contributed by atoms with Crippen LogP contribution in [0.4, 0.5) is 0 Å². The molecule has 2 saturated heterocycles. The highest BCUT2D eigenvalue weighted by atomic mass is 32.2. The first-order valence-corrected chi connectivity index (χ1v) is 9.57. The summed E-state index contributed by atoms with van der Waals surface area (Å²) in [7, 11) is 0. The number of carbonyl (C=O) groups is 1. The van der Waals surface area contributed by atoms with Crippen molar-refractivity contribution in [1.29, 1.82) is 0 Å². The number of carbonyl (C=O) groups excluding carboxylic acids is 1. The Morgan fingerprint density at radius 2 is 2.00 bits per heavy atom. The Morgan fingerprint density at radius 1 is 1.17 bits per heavy atom. The third-order valence-corrected chi connectivity index (χ3v) is 5.95. The molecule has 126 valence electrons. The third-order valence-electron chi connectivity index (χ3n) is 4.89. The van der Waals surface area contributed by atoms with E-state index in [1.165, 1.54) is 17.7 Å². The fraction of sp³-hybridized carbons (Fsp3) is 0.421. The molecule has 2 fully saturated rings. The molecule has 2 aliphatic rings. The first-order valence-electron chi connectivity index (χ1n) is 8.59. The Balaban J connectivity index is 1.44. The number of fused-ring (bicyclic) bond motifs is 2. The summed E-state index contributed by atoms with van der Waals surface area (Å²) < 4.78 is 5.56. The molecule has 1 aromatic heterocycles. The van der Waals surface area contributed by atoms with E-state index in [-0.39, 0.29) is 5.91 Å². The maximum absolute atomic E-state index is 12.9. The molecular formula is C19H22N2O2S. The molecule has 24 heavy (non-hydrogen) atoms. The Morgan fingerprint density at radius 3 is 2.88 bits per heavy atom. The van der Waals surface area contributed by atoms with E-state index in [2.05, 4.69) is 17.4 Å². The number of hydrogen-bond acceptors (Lipinski definition) is 4. The summed E-state index contributed by atoms with van der Waals surface area (Å²) >= 11 is 1.73. The van der Waals surface area contributed by atoms with Gasteiger partial charge >= 0.3 is 0 Å². The van der Waals surface area contributed by atoms with Gasteiger partial charge in [0.1, 0.15) is 0 Å². The zero-order chi connectivity index (χ0) is 16.4. The minimum atomic E-state index is 0.0398. The first kappa shape index (κ1) is 15.8. The van der Waals surface area contributed by atoms with Crippen molar-refractivity contribution < 1.29 is 9.21 Å². The largest absolute Gasteiger partial charge is 0.459 e. The van der Waals surface area contributed by atoms with Gasteiger partial charge in [-0.25, -0.2) is 0 Å². The number of rotatable bonds is 4. The molecule has 4 nitrogen and oxygen atoms in total. The molecule has 2 aliphatic heterocycles. The zero-order valence-corrected chi connectivity index (χ0v) is 14.4. The molecule has 2 unspecified atom stereocenters. The van der Waals surface area contributed by atoms with Gasteiger partial charge in [0.25, 0.3) is 5.91 Å². The summed E-state index contributed by atoms with van der Waals surface area (Å²) in [6, 6.07) is 13.2. The molecule has 0 spiro atoms. The molecule has 1 amide bonds. The number of nitrogens with zero attached hydrogens (tertiary/aromatic N) is 1. The minimum Gasteiger partial charge on any atom is -0.459 e. The van der Waals surface area contributed by atoms with E-state index in [1.54, 1.807) is 18.0 Å². The summed E-state index contributed by atoms with van der Waals surface area (Å²) in [6.45, 7) is 1.61. The number of thioether (sulfide) groups is 1. The topological polar surface area (TPSA) is 45.5 Å². The van der Waals surface area contributed by atoms with Gasteiger partial charge in [0, 0.05) is 41.4 Å². The number of hydrogen-bond donors (Lipinski definition) is 1. The van der Waals surface area contributed by atoms with Gasteiger partial charge in [-0.2, -0.15) is 0 Å². The number of amides is 1. The van der Waals surface area contributed by atoms with Crippen LogP contribution >= 0.6 is 11.8 Å². The SMILES string of the molecule is O=C(c1occc1CSc1ccccc1)N1CCC2CCC(C1)N2. The molecule has 2 atom stereocenters. The van der Waals surface area contributed by atoms with Crippen LogP contribution < -0.4 is 5.32 Å². The van der Waals surface area contributed by atoms with Crippen LogP contribution in [-0.4, -0.2) is 36.0 Å². The molecule has 5 heteroatoms. The van der Waals surface area contributed by atoms with Crippen molar-refractivity contribution in [1.82, 2.24) is 10.2 Å². The van der Waals surface area contributed by atoms with E-state index in [4.69, 9.17) is 4.42 Å². The molecule has 2 aromatic rings. The molecule has 1 N–H and O–H groups in total. The Kier molecular flexibility index (Phi) is 4.63. The van der Waals surface area contributed by atoms with Gasteiger partial charge in [0.05, 0.1) is 6.26 Å². The third kappa shape index (κ3) is 3.37. The van der Waals surface area contributed by atoms with E-state index in [9.17, 15) is 4.79 Å². The molecule has 3 heterocycles. The van der Waals surface area contributed by atoms with Crippen LogP contribution in [0.15, 0.2) is 52.0 Å². The number of furan rings is 1. The van der Waals surface area contributed by atoms with Crippen LogP contribution in [0.3, 0.4) is 0 Å². The van der Waals surface area contributed by atoms with Crippen LogP contribution in [0.25, 0.3) is 0 Å². The second-order valence-corrected chi connectivity index (χ2v) is 7.60. The van der Waals surface area contributed by atoms with E-state index in [0.717, 1.165) is 30.8 Å². The molecule has 0 radical (unpaired) electrons. The second kappa shape index (κ2) is 7.03. The lowest BCUT2D eigenvalue weighted by molar-refractivity contribution is 0.0715. The van der Waals surface area contributed by atoms with Crippen LogP contribution in [0.2, 0.25) is 0 Å². The highest BCUT2D eigenvalue weighted by Gasteiger charge is 2.32.